The van der Waals surface area contributed by atoms with Crippen LogP contribution >= 0.6 is 11.8 Å². The van der Waals surface area contributed by atoms with Gasteiger partial charge in [0.15, 0.2) is 0 Å². The highest BCUT2D eigenvalue weighted by Gasteiger charge is 2.04. The molecule has 1 heterocycles. The van der Waals surface area contributed by atoms with Gasteiger partial charge in [-0.15, -0.1) is 11.8 Å². The third-order valence-electron chi connectivity index (χ3n) is 2.06. The van der Waals surface area contributed by atoms with E-state index in [4.69, 9.17) is 4.74 Å². The molecule has 0 aliphatic carbocycles. The Balaban J connectivity index is 2.40. The number of fused-ring (bicyclic) bond motifs is 1. The lowest BCUT2D eigenvalue weighted by Gasteiger charge is -2.05. The summed E-state index contributed by atoms with van der Waals surface area (Å²) >= 11 is 1.90. The lowest BCUT2D eigenvalue weighted by Crippen LogP contribution is -1.85. The summed E-state index contributed by atoms with van der Waals surface area (Å²) in [6, 6.07) is 6.23. The van der Waals surface area contributed by atoms with Crippen LogP contribution in [0.5, 0.6) is 5.75 Å². The number of rotatable bonds is 1. The SMILES string of the molecule is COc1ccc2c(c1)SCCC=C2. The largest absolute Gasteiger partial charge is 0.497 e. The van der Waals surface area contributed by atoms with Crippen LogP contribution in [0.3, 0.4) is 0 Å². The van der Waals surface area contributed by atoms with Crippen molar-refractivity contribution in [1.29, 1.82) is 0 Å². The van der Waals surface area contributed by atoms with E-state index in [1.165, 1.54) is 10.5 Å². The predicted molar refractivity (Wildman–Crippen MR) is 57.4 cm³/mol. The average molecular weight is 192 g/mol. The zero-order chi connectivity index (χ0) is 9.10. The summed E-state index contributed by atoms with van der Waals surface area (Å²) in [5, 5.41) is 0. The fraction of sp³-hybridized carbons (Fsp3) is 0.273. The van der Waals surface area contributed by atoms with Gasteiger partial charge in [0, 0.05) is 10.6 Å². The number of thioether (sulfide) groups is 1. The molecule has 0 fully saturated rings. The molecular formula is C11H12OS. The fourth-order valence-electron chi connectivity index (χ4n) is 1.35. The Morgan fingerprint density at radius 3 is 3.15 bits per heavy atom. The second-order valence-electron chi connectivity index (χ2n) is 2.94. The quantitative estimate of drug-likeness (QED) is 0.675. The molecule has 0 saturated heterocycles. The van der Waals surface area contributed by atoms with Crippen LogP contribution in [0.1, 0.15) is 12.0 Å². The molecule has 0 radical (unpaired) electrons. The van der Waals surface area contributed by atoms with E-state index in [9.17, 15) is 0 Å². The maximum atomic E-state index is 5.18. The predicted octanol–water partition coefficient (Wildman–Crippen LogP) is 3.20. The minimum atomic E-state index is 0.946. The molecule has 1 aliphatic rings. The highest BCUT2D eigenvalue weighted by atomic mass is 32.2. The van der Waals surface area contributed by atoms with E-state index in [0.717, 1.165) is 17.9 Å². The highest BCUT2D eigenvalue weighted by Crippen LogP contribution is 2.30. The molecule has 1 aromatic rings. The molecule has 2 heteroatoms. The average Bonchev–Trinajstić information content (AvgIpc) is 2.41. The number of allylic oxidation sites excluding steroid dienone is 1. The molecule has 68 valence electrons. The van der Waals surface area contributed by atoms with E-state index >= 15 is 0 Å². The van der Waals surface area contributed by atoms with Gasteiger partial charge in [0.05, 0.1) is 7.11 Å². The van der Waals surface area contributed by atoms with Crippen molar-refractivity contribution < 1.29 is 4.74 Å². The maximum absolute atomic E-state index is 5.18. The van der Waals surface area contributed by atoms with E-state index in [0.29, 0.717) is 0 Å². The van der Waals surface area contributed by atoms with E-state index < -0.39 is 0 Å². The van der Waals surface area contributed by atoms with Crippen LogP contribution in [0.15, 0.2) is 29.2 Å². The molecule has 0 aromatic heterocycles. The molecule has 1 nitrogen and oxygen atoms in total. The minimum absolute atomic E-state index is 0.946. The zero-order valence-corrected chi connectivity index (χ0v) is 8.43. The van der Waals surface area contributed by atoms with E-state index in [1.807, 2.05) is 17.8 Å². The number of hydrogen-bond acceptors (Lipinski definition) is 2. The van der Waals surface area contributed by atoms with Gasteiger partial charge in [-0.1, -0.05) is 18.2 Å². The number of methoxy groups -OCH3 is 1. The zero-order valence-electron chi connectivity index (χ0n) is 7.62. The van der Waals surface area contributed by atoms with Crippen molar-refractivity contribution in [3.63, 3.8) is 0 Å². The third-order valence-corrected chi connectivity index (χ3v) is 3.16. The molecule has 13 heavy (non-hydrogen) atoms. The Morgan fingerprint density at radius 2 is 2.31 bits per heavy atom. The standard InChI is InChI=1S/C11H12OS/c1-12-10-6-5-9-4-2-3-7-13-11(9)8-10/h2,4-6,8H,3,7H2,1H3. The van der Waals surface area contributed by atoms with Gasteiger partial charge in [0.1, 0.15) is 5.75 Å². The summed E-state index contributed by atoms with van der Waals surface area (Å²) < 4.78 is 5.18. The second-order valence-corrected chi connectivity index (χ2v) is 4.08. The molecule has 0 spiro atoms. The van der Waals surface area contributed by atoms with E-state index in [1.54, 1.807) is 7.11 Å². The van der Waals surface area contributed by atoms with Crippen molar-refractivity contribution in [1.82, 2.24) is 0 Å². The fourth-order valence-corrected chi connectivity index (χ4v) is 2.33. The van der Waals surface area contributed by atoms with Crippen molar-refractivity contribution in [2.45, 2.75) is 11.3 Å². The first-order valence-corrected chi connectivity index (χ1v) is 5.36. The van der Waals surface area contributed by atoms with Crippen LogP contribution in [0, 0.1) is 0 Å². The van der Waals surface area contributed by atoms with Crippen molar-refractivity contribution in [2.24, 2.45) is 0 Å². The first-order valence-electron chi connectivity index (χ1n) is 4.37. The monoisotopic (exact) mass is 192 g/mol. The number of benzene rings is 1. The first-order chi connectivity index (χ1) is 6.40. The minimum Gasteiger partial charge on any atom is -0.497 e. The Labute approximate surface area is 82.8 Å². The van der Waals surface area contributed by atoms with Crippen LogP contribution < -0.4 is 4.74 Å². The smallest absolute Gasteiger partial charge is 0.120 e. The summed E-state index contributed by atoms with van der Waals surface area (Å²) in [6.07, 6.45) is 5.57. The van der Waals surface area contributed by atoms with Gasteiger partial charge < -0.3 is 4.74 Å². The molecule has 0 unspecified atom stereocenters. The van der Waals surface area contributed by atoms with Crippen LogP contribution in [-0.4, -0.2) is 12.9 Å². The lowest BCUT2D eigenvalue weighted by molar-refractivity contribution is 0.413. The Morgan fingerprint density at radius 1 is 1.38 bits per heavy atom. The summed E-state index contributed by atoms with van der Waals surface area (Å²) in [6.45, 7) is 0. The molecule has 1 aromatic carbocycles. The molecular weight excluding hydrogens is 180 g/mol. The van der Waals surface area contributed by atoms with Crippen LogP contribution in [0.25, 0.3) is 6.08 Å². The van der Waals surface area contributed by atoms with Gasteiger partial charge in [-0.3, -0.25) is 0 Å². The molecule has 0 bridgehead atoms. The van der Waals surface area contributed by atoms with Gasteiger partial charge in [0.2, 0.25) is 0 Å². The van der Waals surface area contributed by atoms with Gasteiger partial charge in [-0.25, -0.2) is 0 Å². The van der Waals surface area contributed by atoms with Crippen LogP contribution in [-0.2, 0) is 0 Å². The van der Waals surface area contributed by atoms with Gasteiger partial charge >= 0.3 is 0 Å². The number of hydrogen-bond donors (Lipinski definition) is 0. The Hall–Kier alpha value is -0.890. The van der Waals surface area contributed by atoms with Crippen molar-refractivity contribution in [3.8, 4) is 5.75 Å². The summed E-state index contributed by atoms with van der Waals surface area (Å²) in [7, 11) is 1.71. The van der Waals surface area contributed by atoms with Crippen LogP contribution in [0.4, 0.5) is 0 Å². The van der Waals surface area contributed by atoms with E-state index in [-0.39, 0.29) is 0 Å². The van der Waals surface area contributed by atoms with Gasteiger partial charge in [0.25, 0.3) is 0 Å². The van der Waals surface area contributed by atoms with E-state index in [2.05, 4.69) is 24.3 Å². The highest BCUT2D eigenvalue weighted by molar-refractivity contribution is 7.99. The third kappa shape index (κ3) is 1.89. The van der Waals surface area contributed by atoms with Crippen molar-refractivity contribution in [2.75, 3.05) is 12.9 Å². The van der Waals surface area contributed by atoms with Gasteiger partial charge in [-0.2, -0.15) is 0 Å². The van der Waals surface area contributed by atoms with Gasteiger partial charge in [-0.05, 0) is 24.1 Å². The molecule has 0 saturated carbocycles. The topological polar surface area (TPSA) is 9.23 Å². The number of ether oxygens (including phenoxy) is 1. The molecule has 0 N–H and O–H groups in total. The van der Waals surface area contributed by atoms with Crippen molar-refractivity contribution >= 4 is 17.8 Å². The molecule has 2 rings (SSSR count). The van der Waals surface area contributed by atoms with Crippen LogP contribution in [0.2, 0.25) is 0 Å². The van der Waals surface area contributed by atoms with Crippen molar-refractivity contribution in [3.05, 3.63) is 29.8 Å². The normalized spacial score (nSPS) is 14.8. The summed E-state index contributed by atoms with van der Waals surface area (Å²) in [4.78, 5) is 1.33. The first kappa shape index (κ1) is 8.70. The molecule has 1 aliphatic heterocycles. The summed E-state index contributed by atoms with van der Waals surface area (Å²) in [5.74, 6) is 2.11. The second kappa shape index (κ2) is 3.88. The Kier molecular flexibility index (Phi) is 2.60. The summed E-state index contributed by atoms with van der Waals surface area (Å²) in [5.41, 5.74) is 1.31. The molecule has 0 atom stereocenters. The Bertz CT molecular complexity index is 331. The maximum Gasteiger partial charge on any atom is 0.120 e. The molecule has 0 amide bonds. The lowest BCUT2D eigenvalue weighted by atomic mass is 10.2.